The summed E-state index contributed by atoms with van der Waals surface area (Å²) in [5.41, 5.74) is 7.34. The van der Waals surface area contributed by atoms with E-state index in [1.54, 1.807) is 0 Å². The van der Waals surface area contributed by atoms with Crippen molar-refractivity contribution in [3.8, 4) is 11.3 Å². The Morgan fingerprint density at radius 2 is 1.43 bits per heavy atom. The van der Waals surface area contributed by atoms with E-state index in [1.165, 1.54) is 11.1 Å². The Kier molecular flexibility index (Phi) is 4.33. The van der Waals surface area contributed by atoms with E-state index in [9.17, 15) is 0 Å². The van der Waals surface area contributed by atoms with Gasteiger partial charge in [0.05, 0.1) is 22.8 Å². The summed E-state index contributed by atoms with van der Waals surface area (Å²) < 4.78 is 0. The number of aliphatic imine (C=N–C) groups is 1. The van der Waals surface area contributed by atoms with E-state index in [0.29, 0.717) is 0 Å². The lowest BCUT2D eigenvalue weighted by atomic mass is 10.1. The molecule has 0 N–H and O–H groups in total. The van der Waals surface area contributed by atoms with Gasteiger partial charge in [0.25, 0.3) is 0 Å². The molecule has 114 valence electrons. The van der Waals surface area contributed by atoms with Crippen LogP contribution in [0.15, 0.2) is 71.7 Å². The zero-order valence-corrected chi connectivity index (χ0v) is 13.7. The Labute approximate surface area is 137 Å². The predicted octanol–water partition coefficient (Wildman–Crippen LogP) is 5.51. The van der Waals surface area contributed by atoms with E-state index in [1.807, 2.05) is 43.3 Å². The molecule has 2 nitrogen and oxygen atoms in total. The highest BCUT2D eigenvalue weighted by Gasteiger charge is 2.06. The fourth-order valence-corrected chi connectivity index (χ4v) is 2.61. The first-order valence-corrected chi connectivity index (χ1v) is 7.79. The van der Waals surface area contributed by atoms with Crippen molar-refractivity contribution in [2.24, 2.45) is 4.99 Å². The van der Waals surface area contributed by atoms with Crippen molar-refractivity contribution in [2.45, 2.75) is 20.8 Å². The molecule has 2 heteroatoms. The molecule has 0 saturated carbocycles. The maximum Gasteiger partial charge on any atom is 0.0849 e. The smallest absolute Gasteiger partial charge is 0.0849 e. The van der Waals surface area contributed by atoms with Crippen LogP contribution in [-0.4, -0.2) is 10.7 Å². The number of nitrogens with zero attached hydrogens (tertiary/aromatic N) is 2. The van der Waals surface area contributed by atoms with E-state index in [0.717, 1.165) is 28.4 Å². The monoisotopic (exact) mass is 300 g/mol. The second-order valence-electron chi connectivity index (χ2n) is 5.71. The fourth-order valence-electron chi connectivity index (χ4n) is 2.61. The summed E-state index contributed by atoms with van der Waals surface area (Å²) in [6, 6.07) is 22.5. The van der Waals surface area contributed by atoms with Crippen LogP contribution in [0.3, 0.4) is 0 Å². The summed E-state index contributed by atoms with van der Waals surface area (Å²) in [4.78, 5) is 9.58. The molecule has 1 heterocycles. The Morgan fingerprint density at radius 3 is 2.13 bits per heavy atom. The average molecular weight is 300 g/mol. The van der Waals surface area contributed by atoms with E-state index < -0.39 is 0 Å². The summed E-state index contributed by atoms with van der Waals surface area (Å²) in [6.45, 7) is 6.20. The van der Waals surface area contributed by atoms with Crippen LogP contribution in [0.2, 0.25) is 0 Å². The summed E-state index contributed by atoms with van der Waals surface area (Å²) in [5.74, 6) is 0. The molecule has 23 heavy (non-hydrogen) atoms. The molecule has 0 saturated heterocycles. The molecule has 3 aromatic rings. The minimum Gasteiger partial charge on any atom is -0.251 e. The zero-order valence-electron chi connectivity index (χ0n) is 13.7. The molecule has 0 atom stereocenters. The van der Waals surface area contributed by atoms with Gasteiger partial charge >= 0.3 is 0 Å². The van der Waals surface area contributed by atoms with Gasteiger partial charge in [-0.2, -0.15) is 0 Å². The van der Waals surface area contributed by atoms with Crippen LogP contribution >= 0.6 is 0 Å². The molecule has 0 aliphatic carbocycles. The lowest BCUT2D eigenvalue weighted by Gasteiger charge is -2.08. The average Bonchev–Trinajstić information content (AvgIpc) is 2.59. The third kappa shape index (κ3) is 3.37. The van der Waals surface area contributed by atoms with Gasteiger partial charge in [-0.05, 0) is 44.0 Å². The molecular weight excluding hydrogens is 280 g/mol. The Bertz CT molecular complexity index is 828. The van der Waals surface area contributed by atoms with E-state index in [2.05, 4.69) is 44.2 Å². The molecule has 0 aliphatic heterocycles. The van der Waals surface area contributed by atoms with Crippen molar-refractivity contribution in [1.29, 1.82) is 0 Å². The molecular formula is C21H20N2. The number of para-hydroxylation sites is 1. The van der Waals surface area contributed by atoms with Crippen molar-refractivity contribution in [2.75, 3.05) is 0 Å². The summed E-state index contributed by atoms with van der Waals surface area (Å²) >= 11 is 0. The highest BCUT2D eigenvalue weighted by atomic mass is 14.8. The molecule has 3 rings (SSSR count). The Morgan fingerprint density at radius 1 is 0.783 bits per heavy atom. The van der Waals surface area contributed by atoms with Crippen LogP contribution in [0, 0.1) is 13.8 Å². The number of hydrogen-bond donors (Lipinski definition) is 0. The van der Waals surface area contributed by atoms with Gasteiger partial charge in [0, 0.05) is 5.56 Å². The van der Waals surface area contributed by atoms with Crippen LogP contribution in [0.25, 0.3) is 11.3 Å². The van der Waals surface area contributed by atoms with E-state index >= 15 is 0 Å². The number of pyridine rings is 1. The van der Waals surface area contributed by atoms with Crippen molar-refractivity contribution < 1.29 is 0 Å². The highest BCUT2D eigenvalue weighted by molar-refractivity contribution is 5.99. The molecule has 2 aromatic carbocycles. The maximum absolute atomic E-state index is 4.82. The lowest BCUT2D eigenvalue weighted by Crippen LogP contribution is -1.99. The van der Waals surface area contributed by atoms with Crippen molar-refractivity contribution in [3.63, 3.8) is 0 Å². The quantitative estimate of drug-likeness (QED) is 0.586. The highest BCUT2D eigenvalue weighted by Crippen LogP contribution is 2.24. The first-order chi connectivity index (χ1) is 11.1. The third-order valence-corrected chi connectivity index (χ3v) is 3.91. The van der Waals surface area contributed by atoms with Crippen molar-refractivity contribution in [1.82, 2.24) is 4.98 Å². The molecule has 0 bridgehead atoms. The Hall–Kier alpha value is -2.74. The molecule has 0 spiro atoms. The second-order valence-corrected chi connectivity index (χ2v) is 5.71. The molecule has 1 aromatic heterocycles. The third-order valence-electron chi connectivity index (χ3n) is 3.91. The molecule has 0 radical (unpaired) electrons. The Balaban J connectivity index is 2.00. The van der Waals surface area contributed by atoms with Gasteiger partial charge in [-0.25, -0.2) is 4.98 Å². The van der Waals surface area contributed by atoms with Gasteiger partial charge < -0.3 is 0 Å². The van der Waals surface area contributed by atoms with Gasteiger partial charge in [0.2, 0.25) is 0 Å². The van der Waals surface area contributed by atoms with E-state index in [4.69, 9.17) is 9.98 Å². The molecule has 0 fully saturated rings. The van der Waals surface area contributed by atoms with Crippen molar-refractivity contribution >= 4 is 11.4 Å². The number of benzene rings is 2. The SMILES string of the molecule is CC(=Nc1c(C)cccc1C)c1cccc(-c2ccccc2)n1. The summed E-state index contributed by atoms with van der Waals surface area (Å²) in [7, 11) is 0. The van der Waals surface area contributed by atoms with Crippen molar-refractivity contribution in [3.05, 3.63) is 83.6 Å². The first-order valence-electron chi connectivity index (χ1n) is 7.79. The number of rotatable bonds is 3. The van der Waals surface area contributed by atoms with Gasteiger partial charge in [-0.3, -0.25) is 4.99 Å². The van der Waals surface area contributed by atoms with Gasteiger partial charge in [0.15, 0.2) is 0 Å². The zero-order chi connectivity index (χ0) is 16.2. The minimum absolute atomic E-state index is 0.911. The van der Waals surface area contributed by atoms with Crippen LogP contribution < -0.4 is 0 Å². The second kappa shape index (κ2) is 6.57. The lowest BCUT2D eigenvalue weighted by molar-refractivity contribution is 1.26. The largest absolute Gasteiger partial charge is 0.251 e. The minimum atomic E-state index is 0.911. The summed E-state index contributed by atoms with van der Waals surface area (Å²) in [5, 5.41) is 0. The first kappa shape index (κ1) is 15.2. The predicted molar refractivity (Wildman–Crippen MR) is 97.5 cm³/mol. The van der Waals surface area contributed by atoms with Crippen LogP contribution in [0.5, 0.6) is 0 Å². The molecule has 0 unspecified atom stereocenters. The standard InChI is InChI=1S/C21H20N2/c1-15-9-7-10-16(2)21(15)22-17(3)19-13-8-14-20(23-19)18-11-5-4-6-12-18/h4-14H,1-3H3. The van der Waals surface area contributed by atoms with E-state index in [-0.39, 0.29) is 0 Å². The van der Waals surface area contributed by atoms with Crippen LogP contribution in [0.4, 0.5) is 5.69 Å². The van der Waals surface area contributed by atoms with Gasteiger partial charge in [0.1, 0.15) is 0 Å². The topological polar surface area (TPSA) is 25.2 Å². The van der Waals surface area contributed by atoms with Crippen LogP contribution in [0.1, 0.15) is 23.7 Å². The number of hydrogen-bond acceptors (Lipinski definition) is 2. The van der Waals surface area contributed by atoms with Gasteiger partial charge in [-0.1, -0.05) is 54.6 Å². The maximum atomic E-state index is 4.82. The normalized spacial score (nSPS) is 11.5. The summed E-state index contributed by atoms with van der Waals surface area (Å²) in [6.07, 6.45) is 0. The fraction of sp³-hybridized carbons (Fsp3) is 0.143. The number of aromatic nitrogens is 1. The molecule has 0 aliphatic rings. The number of aryl methyl sites for hydroxylation is 2. The van der Waals surface area contributed by atoms with Crippen LogP contribution in [-0.2, 0) is 0 Å². The van der Waals surface area contributed by atoms with Gasteiger partial charge in [-0.15, -0.1) is 0 Å². The molecule has 0 amide bonds.